The number of hydrogen-bond donors (Lipinski definition) is 2. The fraction of sp³-hybridized carbons (Fsp3) is 0.304. The molecule has 10 nitrogen and oxygen atoms in total. The second-order valence-electron chi connectivity index (χ2n) is 7.91. The van der Waals surface area contributed by atoms with E-state index in [1.54, 1.807) is 55.8 Å². The first-order chi connectivity index (χ1) is 15.9. The summed E-state index contributed by atoms with van der Waals surface area (Å²) >= 11 is 0. The number of amides is 3. The van der Waals surface area contributed by atoms with E-state index in [9.17, 15) is 19.2 Å². The van der Waals surface area contributed by atoms with Crippen molar-refractivity contribution in [3.8, 4) is 0 Å². The van der Waals surface area contributed by atoms with Crippen LogP contribution in [-0.4, -0.2) is 44.4 Å². The summed E-state index contributed by atoms with van der Waals surface area (Å²) in [6.07, 6.45) is 3.92. The fourth-order valence-electron chi connectivity index (χ4n) is 4.15. The average Bonchev–Trinajstić information content (AvgIpc) is 3.14. The second kappa shape index (κ2) is 9.19. The molecule has 0 aliphatic carbocycles. The molecule has 33 heavy (non-hydrogen) atoms. The number of likely N-dealkylation sites (tertiary alicyclic amines) is 1. The summed E-state index contributed by atoms with van der Waals surface area (Å²) in [4.78, 5) is 56.4. The van der Waals surface area contributed by atoms with Crippen molar-refractivity contribution in [2.24, 2.45) is 5.92 Å². The van der Waals surface area contributed by atoms with Gasteiger partial charge in [0.2, 0.25) is 11.8 Å². The summed E-state index contributed by atoms with van der Waals surface area (Å²) in [5, 5.41) is 4.99. The summed E-state index contributed by atoms with van der Waals surface area (Å²) < 4.78 is 1.25. The molecule has 2 aromatic heterocycles. The third-order valence-electron chi connectivity index (χ3n) is 5.77. The minimum absolute atomic E-state index is 0.0142. The van der Waals surface area contributed by atoms with Gasteiger partial charge in [0.05, 0.1) is 17.3 Å². The molecule has 3 amide bonds. The van der Waals surface area contributed by atoms with Gasteiger partial charge in [0.1, 0.15) is 0 Å². The largest absolute Gasteiger partial charge is 0.338 e. The molecule has 10 heteroatoms. The van der Waals surface area contributed by atoms with Crippen LogP contribution in [0.3, 0.4) is 0 Å². The van der Waals surface area contributed by atoms with Crippen LogP contribution in [0.25, 0.3) is 10.8 Å². The zero-order valence-electron chi connectivity index (χ0n) is 18.3. The average molecular weight is 448 g/mol. The predicted molar refractivity (Wildman–Crippen MR) is 120 cm³/mol. The maximum atomic E-state index is 12.9. The number of carbonyl (C=O) groups is 3. The first-order valence-electron chi connectivity index (χ1n) is 10.7. The van der Waals surface area contributed by atoms with Gasteiger partial charge in [-0.1, -0.05) is 31.2 Å². The molecule has 2 atom stereocenters. The Hall–Kier alpha value is -4.08. The van der Waals surface area contributed by atoms with Gasteiger partial charge >= 0.3 is 0 Å². The second-order valence-corrected chi connectivity index (χ2v) is 7.91. The van der Waals surface area contributed by atoms with Crippen molar-refractivity contribution in [3.63, 3.8) is 0 Å². The molecule has 0 saturated carbocycles. The molecule has 1 saturated heterocycles. The van der Waals surface area contributed by atoms with Gasteiger partial charge in [0.25, 0.3) is 11.5 Å². The van der Waals surface area contributed by atoms with E-state index in [1.165, 1.54) is 9.58 Å². The number of hydrogen-bond acceptors (Lipinski definition) is 6. The van der Waals surface area contributed by atoms with E-state index in [4.69, 9.17) is 0 Å². The van der Waals surface area contributed by atoms with Gasteiger partial charge in [-0.15, -0.1) is 0 Å². The Balaban J connectivity index is 1.56. The highest BCUT2D eigenvalue weighted by molar-refractivity contribution is 6.05. The first kappa shape index (κ1) is 22.1. The molecule has 170 valence electrons. The molecule has 1 aliphatic rings. The molecule has 2 N–H and O–H groups in total. The number of carbonyl (C=O) groups excluding carboxylic acids is 3. The van der Waals surface area contributed by atoms with Crippen LogP contribution in [0.4, 0.5) is 0 Å². The minimum atomic E-state index is -0.703. The molecular formula is C23H24N6O4. The van der Waals surface area contributed by atoms with Crippen LogP contribution in [0.1, 0.15) is 41.9 Å². The van der Waals surface area contributed by atoms with Gasteiger partial charge in [0, 0.05) is 37.8 Å². The third kappa shape index (κ3) is 4.19. The van der Waals surface area contributed by atoms with E-state index in [2.05, 4.69) is 20.9 Å². The molecular weight excluding hydrogens is 424 g/mol. The molecule has 3 aromatic rings. The van der Waals surface area contributed by atoms with E-state index in [0.29, 0.717) is 23.7 Å². The van der Waals surface area contributed by atoms with E-state index in [1.807, 2.05) is 6.92 Å². The molecule has 3 heterocycles. The molecule has 1 fully saturated rings. The summed E-state index contributed by atoms with van der Waals surface area (Å²) in [5.41, 5.74) is 5.31. The predicted octanol–water partition coefficient (Wildman–Crippen LogP) is 1.18. The van der Waals surface area contributed by atoms with Crippen LogP contribution >= 0.6 is 0 Å². The molecule has 4 rings (SSSR count). The standard InChI is InChI=1S/C23H24N6O4/c1-3-11-29-23(33)16-9-5-4-8-15(16)19(27-29)22(32)26-25-21(31)17-12-18(30)28(2)20(17)14-7-6-10-24-13-14/h4-10,13,17,20H,3,11-12H2,1-2H3,(H,25,31)(H,26,32). The highest BCUT2D eigenvalue weighted by Crippen LogP contribution is 2.36. The number of fused-ring (bicyclic) bond motifs is 1. The van der Waals surface area contributed by atoms with Crippen molar-refractivity contribution in [1.82, 2.24) is 30.5 Å². The van der Waals surface area contributed by atoms with E-state index in [-0.39, 0.29) is 23.6 Å². The number of benzene rings is 1. The summed E-state index contributed by atoms with van der Waals surface area (Å²) in [7, 11) is 1.64. The number of rotatable bonds is 5. The maximum absolute atomic E-state index is 12.9. The number of aromatic nitrogens is 3. The lowest BCUT2D eigenvalue weighted by Crippen LogP contribution is -2.46. The van der Waals surface area contributed by atoms with E-state index < -0.39 is 23.8 Å². The van der Waals surface area contributed by atoms with Gasteiger partial charge in [-0.3, -0.25) is 35.0 Å². The lowest BCUT2D eigenvalue weighted by atomic mass is 9.94. The van der Waals surface area contributed by atoms with Crippen molar-refractivity contribution in [3.05, 3.63) is 70.4 Å². The molecule has 2 unspecified atom stereocenters. The molecule has 0 radical (unpaired) electrons. The van der Waals surface area contributed by atoms with Crippen molar-refractivity contribution < 1.29 is 14.4 Å². The van der Waals surface area contributed by atoms with E-state index in [0.717, 1.165) is 5.56 Å². The van der Waals surface area contributed by atoms with Crippen LogP contribution in [0, 0.1) is 5.92 Å². The Labute approximate surface area is 189 Å². The van der Waals surface area contributed by atoms with Crippen molar-refractivity contribution >= 4 is 28.5 Å². The van der Waals surface area contributed by atoms with Crippen LogP contribution in [0.2, 0.25) is 0 Å². The van der Waals surface area contributed by atoms with Crippen molar-refractivity contribution in [1.29, 1.82) is 0 Å². The topological polar surface area (TPSA) is 126 Å². The van der Waals surface area contributed by atoms with Crippen LogP contribution in [-0.2, 0) is 16.1 Å². The Morgan fingerprint density at radius 2 is 1.85 bits per heavy atom. The fourth-order valence-corrected chi connectivity index (χ4v) is 4.15. The zero-order valence-corrected chi connectivity index (χ0v) is 18.3. The maximum Gasteiger partial charge on any atom is 0.290 e. The van der Waals surface area contributed by atoms with Crippen LogP contribution in [0.15, 0.2) is 53.6 Å². The summed E-state index contributed by atoms with van der Waals surface area (Å²) in [5.74, 6) is -2.03. The SMILES string of the molecule is CCCn1nc(C(=O)NNC(=O)C2CC(=O)N(C)C2c2cccnc2)c2ccccc2c1=O. The highest BCUT2D eigenvalue weighted by atomic mass is 16.2. The van der Waals surface area contributed by atoms with Gasteiger partial charge in [-0.25, -0.2) is 4.68 Å². The normalized spacial score (nSPS) is 17.9. The number of nitrogens with one attached hydrogen (secondary N) is 2. The lowest BCUT2D eigenvalue weighted by Gasteiger charge is -2.24. The number of nitrogens with zero attached hydrogens (tertiary/aromatic N) is 4. The number of hydrazine groups is 1. The molecule has 0 bridgehead atoms. The van der Waals surface area contributed by atoms with E-state index >= 15 is 0 Å². The Morgan fingerprint density at radius 3 is 2.55 bits per heavy atom. The molecule has 0 spiro atoms. The monoisotopic (exact) mass is 448 g/mol. The number of pyridine rings is 1. The smallest absolute Gasteiger partial charge is 0.290 e. The third-order valence-corrected chi connectivity index (χ3v) is 5.77. The lowest BCUT2D eigenvalue weighted by molar-refractivity contribution is -0.128. The molecule has 1 aliphatic heterocycles. The summed E-state index contributed by atoms with van der Waals surface area (Å²) in [6.45, 7) is 2.27. The van der Waals surface area contributed by atoms with Gasteiger partial charge in [-0.05, 0) is 24.1 Å². The molecule has 1 aromatic carbocycles. The van der Waals surface area contributed by atoms with Crippen LogP contribution < -0.4 is 16.4 Å². The van der Waals surface area contributed by atoms with Gasteiger partial charge < -0.3 is 4.90 Å². The quantitative estimate of drug-likeness (QED) is 0.565. The Morgan fingerprint density at radius 1 is 1.09 bits per heavy atom. The van der Waals surface area contributed by atoms with Crippen molar-refractivity contribution in [2.75, 3.05) is 7.05 Å². The number of aryl methyl sites for hydroxylation is 1. The van der Waals surface area contributed by atoms with Gasteiger partial charge in [0.15, 0.2) is 5.69 Å². The van der Waals surface area contributed by atoms with Crippen LogP contribution in [0.5, 0.6) is 0 Å². The first-order valence-corrected chi connectivity index (χ1v) is 10.7. The Bertz CT molecular complexity index is 1270. The highest BCUT2D eigenvalue weighted by Gasteiger charge is 2.43. The minimum Gasteiger partial charge on any atom is -0.338 e. The summed E-state index contributed by atoms with van der Waals surface area (Å²) in [6, 6.07) is 9.76. The Kier molecular flexibility index (Phi) is 6.16. The van der Waals surface area contributed by atoms with Gasteiger partial charge in [-0.2, -0.15) is 5.10 Å². The zero-order chi connectivity index (χ0) is 23.5. The van der Waals surface area contributed by atoms with Crippen molar-refractivity contribution in [2.45, 2.75) is 32.4 Å².